The van der Waals surface area contributed by atoms with Gasteiger partial charge in [0.25, 0.3) is 5.56 Å². The molecule has 100 valence electrons. The number of aromatic nitrogens is 4. The van der Waals surface area contributed by atoms with Crippen molar-refractivity contribution in [1.29, 1.82) is 5.26 Å². The lowest BCUT2D eigenvalue weighted by Crippen LogP contribution is -2.18. The summed E-state index contributed by atoms with van der Waals surface area (Å²) in [6.45, 7) is 1.99. The number of aromatic amines is 1. The van der Waals surface area contributed by atoms with Gasteiger partial charge < -0.3 is 4.98 Å². The van der Waals surface area contributed by atoms with Crippen molar-refractivity contribution in [2.24, 2.45) is 0 Å². The van der Waals surface area contributed by atoms with E-state index in [2.05, 4.69) is 15.1 Å². The first-order valence-electron chi connectivity index (χ1n) is 5.26. The molecule has 2 heterocycles. The first-order chi connectivity index (χ1) is 8.84. The lowest BCUT2D eigenvalue weighted by molar-refractivity contribution is 0.635. The fourth-order valence-electron chi connectivity index (χ4n) is 1.70. The summed E-state index contributed by atoms with van der Waals surface area (Å²) in [7, 11) is 0. The van der Waals surface area contributed by atoms with Crippen LogP contribution in [0.1, 0.15) is 17.9 Å². The van der Waals surface area contributed by atoms with E-state index in [9.17, 15) is 4.79 Å². The van der Waals surface area contributed by atoms with Gasteiger partial charge in [-0.15, -0.1) is 0 Å². The molecule has 1 N–H and O–H groups in total. The smallest absolute Gasteiger partial charge is 0.262 e. The Morgan fingerprint density at radius 1 is 1.47 bits per heavy atom. The van der Waals surface area contributed by atoms with Gasteiger partial charge in [-0.3, -0.25) is 4.79 Å². The van der Waals surface area contributed by atoms with E-state index in [1.165, 1.54) is 4.68 Å². The molecule has 0 saturated carbocycles. The Balaban J connectivity index is 2.71. The minimum atomic E-state index is -1.83. The van der Waals surface area contributed by atoms with E-state index < -0.39 is 9.35 Å². The monoisotopic (exact) mass is 319 g/mol. The summed E-state index contributed by atoms with van der Waals surface area (Å²) >= 11 is 17.1. The fraction of sp³-hybridized carbons (Fsp3) is 0.400. The Bertz CT molecular complexity index is 722. The fourth-order valence-corrected chi connectivity index (χ4v) is 1.97. The molecular formula is C10H8Cl3N5O. The predicted octanol–water partition coefficient (Wildman–Crippen LogP) is 2.17. The average Bonchev–Trinajstić information content (AvgIpc) is 2.63. The molecule has 0 unspecified atom stereocenters. The molecule has 0 aliphatic carbocycles. The highest BCUT2D eigenvalue weighted by Crippen LogP contribution is 2.35. The van der Waals surface area contributed by atoms with E-state index >= 15 is 0 Å². The number of H-pyrrole nitrogens is 1. The highest BCUT2D eigenvalue weighted by atomic mass is 35.6. The van der Waals surface area contributed by atoms with Crippen molar-refractivity contribution < 1.29 is 0 Å². The molecule has 9 heteroatoms. The zero-order chi connectivity index (χ0) is 14.2. The maximum absolute atomic E-state index is 12.0. The molecule has 6 nitrogen and oxygen atoms in total. The molecule has 0 aliphatic rings. The minimum absolute atomic E-state index is 0.0758. The molecule has 0 atom stereocenters. The van der Waals surface area contributed by atoms with Crippen LogP contribution in [0.15, 0.2) is 4.79 Å². The third-order valence-electron chi connectivity index (χ3n) is 2.48. The van der Waals surface area contributed by atoms with Gasteiger partial charge in [0, 0.05) is 0 Å². The summed E-state index contributed by atoms with van der Waals surface area (Å²) < 4.78 is -0.366. The zero-order valence-electron chi connectivity index (χ0n) is 9.75. The molecule has 0 spiro atoms. The van der Waals surface area contributed by atoms with Gasteiger partial charge in [0.05, 0.1) is 24.7 Å². The molecule has 19 heavy (non-hydrogen) atoms. The van der Waals surface area contributed by atoms with Crippen LogP contribution in [0.3, 0.4) is 0 Å². The maximum Gasteiger partial charge on any atom is 0.262 e. The number of halogens is 3. The van der Waals surface area contributed by atoms with E-state index in [4.69, 9.17) is 40.1 Å². The topological polar surface area (TPSA) is 87.4 Å². The van der Waals surface area contributed by atoms with E-state index in [-0.39, 0.29) is 12.2 Å². The highest BCUT2D eigenvalue weighted by Gasteiger charge is 2.28. The maximum atomic E-state index is 12.0. The molecule has 0 aromatic carbocycles. The molecule has 0 amide bonds. The number of fused-ring (bicyclic) bond motifs is 1. The number of nitrogens with zero attached hydrogens (tertiary/aromatic N) is 4. The van der Waals surface area contributed by atoms with Crippen LogP contribution in [0.25, 0.3) is 11.0 Å². The van der Waals surface area contributed by atoms with E-state index in [1.807, 2.05) is 6.07 Å². The van der Waals surface area contributed by atoms with Gasteiger partial charge in [-0.1, -0.05) is 34.8 Å². The van der Waals surface area contributed by atoms with Gasteiger partial charge in [0.2, 0.25) is 3.79 Å². The largest absolute Gasteiger partial charge is 0.306 e. The van der Waals surface area contributed by atoms with Crippen LogP contribution in [0.2, 0.25) is 0 Å². The van der Waals surface area contributed by atoms with Crippen molar-refractivity contribution in [2.45, 2.75) is 23.7 Å². The molecule has 0 saturated heterocycles. The summed E-state index contributed by atoms with van der Waals surface area (Å²) in [4.78, 5) is 18.5. The number of alkyl halides is 3. The van der Waals surface area contributed by atoms with Gasteiger partial charge >= 0.3 is 0 Å². The van der Waals surface area contributed by atoms with Crippen molar-refractivity contribution in [2.75, 3.05) is 0 Å². The van der Waals surface area contributed by atoms with Crippen LogP contribution in [0.5, 0.6) is 0 Å². The zero-order valence-corrected chi connectivity index (χ0v) is 12.0. The molecule has 2 aromatic heterocycles. The van der Waals surface area contributed by atoms with Gasteiger partial charge in [0.15, 0.2) is 11.5 Å². The lowest BCUT2D eigenvalue weighted by atomic mass is 10.3. The molecule has 2 aromatic rings. The normalized spacial score (nSPS) is 11.7. The average molecular weight is 321 g/mol. The first-order valence-corrected chi connectivity index (χ1v) is 6.39. The predicted molar refractivity (Wildman–Crippen MR) is 72.4 cm³/mol. The standard InChI is InChI=1S/C10H8Cl3N5O/c1-5-6-7(18(17-5)4-2-3-14)15-9(10(11,12)13)16-8(6)19/h2,4H2,1H3,(H,15,16,19). The number of rotatable bonds is 2. The van der Waals surface area contributed by atoms with Gasteiger partial charge in [-0.25, -0.2) is 9.67 Å². The summed E-state index contributed by atoms with van der Waals surface area (Å²) in [5.41, 5.74) is 0.391. The summed E-state index contributed by atoms with van der Waals surface area (Å²) in [6, 6.07) is 2.00. The van der Waals surface area contributed by atoms with Crippen molar-refractivity contribution in [3.63, 3.8) is 0 Å². The number of hydrogen-bond acceptors (Lipinski definition) is 4. The lowest BCUT2D eigenvalue weighted by Gasteiger charge is -2.09. The van der Waals surface area contributed by atoms with E-state index in [1.54, 1.807) is 6.92 Å². The summed E-state index contributed by atoms with van der Waals surface area (Å²) in [6.07, 6.45) is 0.244. The van der Waals surface area contributed by atoms with Crippen LogP contribution in [-0.2, 0) is 10.3 Å². The van der Waals surface area contributed by atoms with Gasteiger partial charge in [-0.05, 0) is 6.92 Å². The van der Waals surface area contributed by atoms with E-state index in [0.717, 1.165) is 0 Å². The number of nitrogens with one attached hydrogen (secondary N) is 1. The van der Waals surface area contributed by atoms with Crippen molar-refractivity contribution in [1.82, 2.24) is 19.7 Å². The Labute approximate surface area is 122 Å². The summed E-state index contributed by atoms with van der Waals surface area (Å²) in [5.74, 6) is -0.0758. The van der Waals surface area contributed by atoms with Crippen LogP contribution in [0.4, 0.5) is 0 Å². The number of aryl methyl sites for hydroxylation is 2. The molecular weight excluding hydrogens is 313 g/mol. The highest BCUT2D eigenvalue weighted by molar-refractivity contribution is 6.66. The molecule has 0 fully saturated rings. The van der Waals surface area contributed by atoms with Gasteiger partial charge in [-0.2, -0.15) is 10.4 Å². The Kier molecular flexibility index (Phi) is 3.72. The third-order valence-corrected chi connectivity index (χ3v) is 3.02. The van der Waals surface area contributed by atoms with Crippen molar-refractivity contribution >= 4 is 45.8 Å². The molecule has 0 radical (unpaired) electrons. The SMILES string of the molecule is Cc1nn(CCC#N)c2nc(C(Cl)(Cl)Cl)[nH]c(=O)c12. The van der Waals surface area contributed by atoms with Crippen LogP contribution < -0.4 is 5.56 Å². The second-order valence-electron chi connectivity index (χ2n) is 3.83. The Hall–Kier alpha value is -1.29. The molecule has 0 bridgehead atoms. The second kappa shape index (κ2) is 5.00. The van der Waals surface area contributed by atoms with Crippen molar-refractivity contribution in [3.8, 4) is 6.07 Å². The minimum Gasteiger partial charge on any atom is -0.306 e. The molecule has 2 rings (SSSR count). The molecule has 0 aliphatic heterocycles. The van der Waals surface area contributed by atoms with Crippen LogP contribution >= 0.6 is 34.8 Å². The van der Waals surface area contributed by atoms with Crippen LogP contribution in [0, 0.1) is 18.3 Å². The third kappa shape index (κ3) is 2.68. The van der Waals surface area contributed by atoms with Crippen molar-refractivity contribution in [3.05, 3.63) is 21.9 Å². The van der Waals surface area contributed by atoms with Gasteiger partial charge in [0.1, 0.15) is 5.39 Å². The second-order valence-corrected chi connectivity index (χ2v) is 6.11. The number of hydrogen-bond donors (Lipinski definition) is 1. The first kappa shape index (κ1) is 14.1. The Morgan fingerprint density at radius 2 is 2.16 bits per heavy atom. The Morgan fingerprint density at radius 3 is 2.74 bits per heavy atom. The number of nitriles is 1. The van der Waals surface area contributed by atoms with Crippen LogP contribution in [-0.4, -0.2) is 19.7 Å². The van der Waals surface area contributed by atoms with E-state index in [0.29, 0.717) is 23.3 Å². The quantitative estimate of drug-likeness (QED) is 0.859. The summed E-state index contributed by atoms with van der Waals surface area (Å²) in [5, 5.41) is 13.1.